The zero-order valence-corrected chi connectivity index (χ0v) is 8.77. The molecule has 0 saturated carbocycles. The average molecular weight is 187 g/mol. The maximum Gasteiger partial charge on any atom is 0.0386 e. The van der Waals surface area contributed by atoms with Crippen LogP contribution in [0.3, 0.4) is 0 Å². The summed E-state index contributed by atoms with van der Waals surface area (Å²) >= 11 is 0. The molecule has 74 valence electrons. The van der Waals surface area contributed by atoms with Crippen molar-refractivity contribution in [1.29, 1.82) is 5.41 Å². The van der Waals surface area contributed by atoms with Crippen molar-refractivity contribution < 1.29 is 0 Å². The highest BCUT2D eigenvalue weighted by atomic mass is 14.4. The predicted octanol–water partition coefficient (Wildman–Crippen LogP) is 3.34. The Labute approximate surface area is 85.7 Å². The number of rotatable bonds is 2. The van der Waals surface area contributed by atoms with Crippen LogP contribution in [0, 0.1) is 5.41 Å². The van der Waals surface area contributed by atoms with E-state index in [0.717, 1.165) is 12.1 Å². The molecule has 1 aromatic carbocycles. The largest absolute Gasteiger partial charge is 0.305 e. The predicted molar refractivity (Wildman–Crippen MR) is 60.2 cm³/mol. The molecule has 0 unspecified atom stereocenters. The molecule has 0 atom stereocenters. The highest BCUT2D eigenvalue weighted by Gasteiger charge is 2.14. The summed E-state index contributed by atoms with van der Waals surface area (Å²) in [7, 11) is 0. The van der Waals surface area contributed by atoms with Gasteiger partial charge < -0.3 is 5.41 Å². The molecule has 0 aromatic heterocycles. The smallest absolute Gasteiger partial charge is 0.0386 e. The maximum absolute atomic E-state index is 7.92. The fraction of sp³-hybridized carbons (Fsp3) is 0.462. The maximum atomic E-state index is 7.92. The van der Waals surface area contributed by atoms with Gasteiger partial charge in [0, 0.05) is 5.71 Å². The van der Waals surface area contributed by atoms with Gasteiger partial charge in [0.05, 0.1) is 0 Å². The number of aryl methyl sites for hydroxylation is 1. The number of nitrogens with one attached hydrogen (secondary N) is 1. The van der Waals surface area contributed by atoms with Crippen molar-refractivity contribution >= 4 is 5.71 Å². The lowest BCUT2D eigenvalue weighted by Crippen LogP contribution is -2.09. The van der Waals surface area contributed by atoms with Gasteiger partial charge in [-0.2, -0.15) is 0 Å². The minimum absolute atomic E-state index is 0.795. The van der Waals surface area contributed by atoms with E-state index in [1.807, 2.05) is 0 Å². The standard InChI is InChI=1S/C13H17N/c1-2-13(14)12-9-5-7-10-6-3-4-8-11(10)12/h5,7,9,14H,2-4,6,8H2,1H3. The lowest BCUT2D eigenvalue weighted by Gasteiger charge is -2.19. The van der Waals surface area contributed by atoms with Crippen LogP contribution in [0.25, 0.3) is 0 Å². The Morgan fingerprint density at radius 2 is 2.07 bits per heavy atom. The van der Waals surface area contributed by atoms with E-state index in [-0.39, 0.29) is 0 Å². The van der Waals surface area contributed by atoms with Crippen molar-refractivity contribution in [2.24, 2.45) is 0 Å². The first kappa shape index (κ1) is 9.45. The van der Waals surface area contributed by atoms with E-state index in [1.54, 1.807) is 0 Å². The van der Waals surface area contributed by atoms with Crippen LogP contribution < -0.4 is 0 Å². The summed E-state index contributed by atoms with van der Waals surface area (Å²) in [5, 5.41) is 7.92. The van der Waals surface area contributed by atoms with Gasteiger partial charge in [0.25, 0.3) is 0 Å². The molecule has 0 heterocycles. The molecule has 1 N–H and O–H groups in total. The van der Waals surface area contributed by atoms with Crippen molar-refractivity contribution in [3.05, 3.63) is 34.9 Å². The highest BCUT2D eigenvalue weighted by molar-refractivity contribution is 5.99. The van der Waals surface area contributed by atoms with Gasteiger partial charge in [0.15, 0.2) is 0 Å². The van der Waals surface area contributed by atoms with Crippen LogP contribution >= 0.6 is 0 Å². The zero-order chi connectivity index (χ0) is 9.97. The number of fused-ring (bicyclic) bond motifs is 1. The summed E-state index contributed by atoms with van der Waals surface area (Å²) < 4.78 is 0. The first-order chi connectivity index (χ1) is 6.83. The molecular weight excluding hydrogens is 170 g/mol. The quantitative estimate of drug-likeness (QED) is 0.687. The van der Waals surface area contributed by atoms with Gasteiger partial charge in [-0.15, -0.1) is 0 Å². The molecule has 0 spiro atoms. The Kier molecular flexibility index (Phi) is 2.67. The molecule has 0 fully saturated rings. The highest BCUT2D eigenvalue weighted by Crippen LogP contribution is 2.25. The lowest BCUT2D eigenvalue weighted by atomic mass is 9.86. The van der Waals surface area contributed by atoms with E-state index >= 15 is 0 Å². The third-order valence-electron chi connectivity index (χ3n) is 3.07. The van der Waals surface area contributed by atoms with Gasteiger partial charge in [0.2, 0.25) is 0 Å². The van der Waals surface area contributed by atoms with Gasteiger partial charge in [-0.1, -0.05) is 25.1 Å². The van der Waals surface area contributed by atoms with E-state index < -0.39 is 0 Å². The Balaban J connectivity index is 2.45. The van der Waals surface area contributed by atoms with Crippen molar-refractivity contribution in [3.63, 3.8) is 0 Å². The summed E-state index contributed by atoms with van der Waals surface area (Å²) in [5.74, 6) is 0. The fourth-order valence-electron chi connectivity index (χ4n) is 2.25. The second kappa shape index (κ2) is 3.95. The molecule has 0 saturated heterocycles. The van der Waals surface area contributed by atoms with Crippen LogP contribution in [0.15, 0.2) is 18.2 Å². The van der Waals surface area contributed by atoms with Crippen molar-refractivity contribution in [1.82, 2.24) is 0 Å². The first-order valence-electron chi connectivity index (χ1n) is 5.51. The topological polar surface area (TPSA) is 23.9 Å². The molecule has 1 aliphatic rings. The molecular formula is C13H17N. The second-order valence-corrected chi connectivity index (χ2v) is 3.98. The van der Waals surface area contributed by atoms with E-state index in [9.17, 15) is 0 Å². The Bertz CT molecular complexity index is 352. The van der Waals surface area contributed by atoms with Crippen LogP contribution in [0.1, 0.15) is 42.9 Å². The molecule has 0 bridgehead atoms. The van der Waals surface area contributed by atoms with Gasteiger partial charge in [0.1, 0.15) is 0 Å². The normalized spacial score (nSPS) is 14.9. The third kappa shape index (κ3) is 1.59. The molecule has 0 radical (unpaired) electrons. The molecule has 0 amide bonds. The van der Waals surface area contributed by atoms with Crippen molar-refractivity contribution in [2.75, 3.05) is 0 Å². The van der Waals surface area contributed by atoms with E-state index in [0.29, 0.717) is 0 Å². The molecule has 2 rings (SSSR count). The van der Waals surface area contributed by atoms with Crippen LogP contribution in [-0.4, -0.2) is 5.71 Å². The SMILES string of the molecule is CCC(=N)c1cccc2c1CCCC2. The summed E-state index contributed by atoms with van der Waals surface area (Å²) in [4.78, 5) is 0. The number of benzene rings is 1. The fourth-order valence-corrected chi connectivity index (χ4v) is 2.25. The van der Waals surface area contributed by atoms with Gasteiger partial charge >= 0.3 is 0 Å². The van der Waals surface area contributed by atoms with Crippen LogP contribution in [0.2, 0.25) is 0 Å². The number of hydrogen-bond donors (Lipinski definition) is 1. The van der Waals surface area contributed by atoms with Gasteiger partial charge in [-0.05, 0) is 48.8 Å². The Hall–Kier alpha value is -1.11. The summed E-state index contributed by atoms with van der Waals surface area (Å²) in [6.45, 7) is 2.06. The first-order valence-corrected chi connectivity index (χ1v) is 5.51. The average Bonchev–Trinajstić information content (AvgIpc) is 2.27. The zero-order valence-electron chi connectivity index (χ0n) is 8.77. The minimum atomic E-state index is 0.795. The summed E-state index contributed by atoms with van der Waals surface area (Å²) in [5.41, 5.74) is 4.92. The van der Waals surface area contributed by atoms with E-state index in [4.69, 9.17) is 5.41 Å². The molecule has 1 heteroatoms. The number of hydrogen-bond acceptors (Lipinski definition) is 1. The lowest BCUT2D eigenvalue weighted by molar-refractivity contribution is 0.684. The van der Waals surface area contributed by atoms with Crippen molar-refractivity contribution in [3.8, 4) is 0 Å². The second-order valence-electron chi connectivity index (χ2n) is 3.98. The Morgan fingerprint density at radius 3 is 2.86 bits per heavy atom. The monoisotopic (exact) mass is 187 g/mol. The molecule has 1 aliphatic carbocycles. The molecule has 1 aromatic rings. The summed E-state index contributed by atoms with van der Waals surface area (Å²) in [6, 6.07) is 6.43. The van der Waals surface area contributed by atoms with Gasteiger partial charge in [-0.3, -0.25) is 0 Å². The molecule has 0 aliphatic heterocycles. The Morgan fingerprint density at radius 1 is 1.29 bits per heavy atom. The molecule has 1 nitrogen and oxygen atoms in total. The molecule has 14 heavy (non-hydrogen) atoms. The van der Waals surface area contributed by atoms with Gasteiger partial charge in [-0.25, -0.2) is 0 Å². The van der Waals surface area contributed by atoms with Crippen LogP contribution in [0.4, 0.5) is 0 Å². The van der Waals surface area contributed by atoms with E-state index in [1.165, 1.54) is 42.4 Å². The van der Waals surface area contributed by atoms with Crippen LogP contribution in [-0.2, 0) is 12.8 Å². The van der Waals surface area contributed by atoms with Crippen LogP contribution in [0.5, 0.6) is 0 Å². The third-order valence-corrected chi connectivity index (χ3v) is 3.07. The van der Waals surface area contributed by atoms with Crippen molar-refractivity contribution in [2.45, 2.75) is 39.0 Å². The van der Waals surface area contributed by atoms with E-state index in [2.05, 4.69) is 25.1 Å². The minimum Gasteiger partial charge on any atom is -0.305 e. The summed E-state index contributed by atoms with van der Waals surface area (Å²) in [6.07, 6.45) is 5.83.